The van der Waals surface area contributed by atoms with Crippen molar-refractivity contribution in [1.82, 2.24) is 9.29 Å². The van der Waals surface area contributed by atoms with Crippen LogP contribution in [0.4, 0.5) is 0 Å². The fourth-order valence-electron chi connectivity index (χ4n) is 4.32. The highest BCUT2D eigenvalue weighted by atomic mass is 32.2. The van der Waals surface area contributed by atoms with E-state index in [1.54, 1.807) is 16.7 Å². The Morgan fingerprint density at radius 3 is 2.52 bits per heavy atom. The molecule has 2 atom stereocenters. The summed E-state index contributed by atoms with van der Waals surface area (Å²) in [6.45, 7) is 0. The molecule has 0 aliphatic carbocycles. The van der Waals surface area contributed by atoms with Crippen LogP contribution < -0.4 is 10.3 Å². The summed E-state index contributed by atoms with van der Waals surface area (Å²) < 4.78 is 28.3. The van der Waals surface area contributed by atoms with Crippen LogP contribution in [0.5, 0.6) is 0 Å². The number of benzene rings is 2. The van der Waals surface area contributed by atoms with Crippen molar-refractivity contribution in [2.45, 2.75) is 31.3 Å². The lowest BCUT2D eigenvalue weighted by Gasteiger charge is -2.35. The Balaban J connectivity index is 1.77. The van der Waals surface area contributed by atoms with Crippen LogP contribution in [-0.4, -0.2) is 25.3 Å². The molecule has 1 aliphatic heterocycles. The summed E-state index contributed by atoms with van der Waals surface area (Å²) in [5, 5.41) is 9.34. The second kappa shape index (κ2) is 8.50. The average Bonchev–Trinajstić information content (AvgIpc) is 2.75. The zero-order valence-corrected chi connectivity index (χ0v) is 18.0. The molecule has 0 spiro atoms. The van der Waals surface area contributed by atoms with Gasteiger partial charge in [-0.15, -0.1) is 0 Å². The van der Waals surface area contributed by atoms with Gasteiger partial charge in [0.05, 0.1) is 12.3 Å². The molecule has 7 heteroatoms. The molecule has 1 aromatic heterocycles. The second-order valence-corrected chi connectivity index (χ2v) is 9.68. The topological polar surface area (TPSA) is 92.0 Å². The molecule has 0 saturated heterocycles. The number of hydrogen-bond acceptors (Lipinski definition) is 4. The van der Waals surface area contributed by atoms with Crippen LogP contribution in [0.1, 0.15) is 29.3 Å². The SMILES string of the molecule is CS(=O)(=O)N[C@H]1CCc2ccc(C#N)c(=O)n2[C@H]1Cc1cccc(-c2ccccc2)c1. The number of hydrogen-bond donors (Lipinski definition) is 1. The maximum absolute atomic E-state index is 13.0. The normalized spacial score (nSPS) is 18.2. The van der Waals surface area contributed by atoms with Crippen molar-refractivity contribution in [3.63, 3.8) is 0 Å². The Labute approximate surface area is 181 Å². The fraction of sp³-hybridized carbons (Fsp3) is 0.250. The summed E-state index contributed by atoms with van der Waals surface area (Å²) in [4.78, 5) is 13.0. The molecule has 6 nitrogen and oxygen atoms in total. The molecule has 31 heavy (non-hydrogen) atoms. The van der Waals surface area contributed by atoms with Crippen LogP contribution in [-0.2, 0) is 22.9 Å². The van der Waals surface area contributed by atoms with Gasteiger partial charge in [-0.3, -0.25) is 4.79 Å². The van der Waals surface area contributed by atoms with Crippen molar-refractivity contribution in [2.75, 3.05) is 6.26 Å². The Hall–Kier alpha value is -3.21. The lowest BCUT2D eigenvalue weighted by molar-refractivity contribution is 0.315. The van der Waals surface area contributed by atoms with Crippen LogP contribution in [0.15, 0.2) is 71.5 Å². The molecule has 0 saturated carbocycles. The molecular formula is C24H23N3O3S. The van der Waals surface area contributed by atoms with Crippen molar-refractivity contribution in [3.8, 4) is 17.2 Å². The first-order valence-corrected chi connectivity index (χ1v) is 12.0. The van der Waals surface area contributed by atoms with E-state index in [1.165, 1.54) is 0 Å². The number of nitrogens with zero attached hydrogens (tertiary/aromatic N) is 2. The highest BCUT2D eigenvalue weighted by Gasteiger charge is 2.32. The number of aryl methyl sites for hydroxylation is 1. The summed E-state index contributed by atoms with van der Waals surface area (Å²) in [6.07, 6.45) is 2.75. The number of rotatable bonds is 5. The van der Waals surface area contributed by atoms with Gasteiger partial charge in [-0.2, -0.15) is 5.26 Å². The van der Waals surface area contributed by atoms with E-state index in [-0.39, 0.29) is 11.1 Å². The van der Waals surface area contributed by atoms with Gasteiger partial charge in [-0.05, 0) is 48.1 Å². The van der Waals surface area contributed by atoms with E-state index in [2.05, 4.69) is 10.8 Å². The molecule has 0 radical (unpaired) electrons. The van der Waals surface area contributed by atoms with Gasteiger partial charge < -0.3 is 4.57 Å². The second-order valence-electron chi connectivity index (χ2n) is 7.90. The third-order valence-corrected chi connectivity index (χ3v) is 6.40. The molecular weight excluding hydrogens is 410 g/mol. The Bertz CT molecular complexity index is 1310. The lowest BCUT2D eigenvalue weighted by Crippen LogP contribution is -2.48. The quantitative estimate of drug-likeness (QED) is 0.669. The predicted molar refractivity (Wildman–Crippen MR) is 120 cm³/mol. The third-order valence-electron chi connectivity index (χ3n) is 5.67. The van der Waals surface area contributed by atoms with Crippen molar-refractivity contribution in [3.05, 3.63) is 93.9 Å². The van der Waals surface area contributed by atoms with Gasteiger partial charge in [-0.25, -0.2) is 13.1 Å². The minimum atomic E-state index is -3.46. The van der Waals surface area contributed by atoms with E-state index in [9.17, 15) is 18.5 Å². The van der Waals surface area contributed by atoms with Gasteiger partial charge in [0.2, 0.25) is 10.0 Å². The summed E-state index contributed by atoms with van der Waals surface area (Å²) >= 11 is 0. The molecule has 2 heterocycles. The van der Waals surface area contributed by atoms with Gasteiger partial charge >= 0.3 is 0 Å². The smallest absolute Gasteiger partial charge is 0.268 e. The summed E-state index contributed by atoms with van der Waals surface area (Å²) in [7, 11) is -3.46. The lowest BCUT2D eigenvalue weighted by atomic mass is 9.90. The number of pyridine rings is 1. The molecule has 0 unspecified atom stereocenters. The average molecular weight is 434 g/mol. The first-order valence-electron chi connectivity index (χ1n) is 10.1. The maximum atomic E-state index is 13.0. The minimum Gasteiger partial charge on any atom is -0.307 e. The molecule has 158 valence electrons. The number of nitrogens with one attached hydrogen (secondary N) is 1. The van der Waals surface area contributed by atoms with Crippen molar-refractivity contribution in [1.29, 1.82) is 5.26 Å². The van der Waals surface area contributed by atoms with E-state index in [1.807, 2.05) is 54.6 Å². The summed E-state index contributed by atoms with van der Waals surface area (Å²) in [5.41, 5.74) is 3.65. The van der Waals surface area contributed by atoms with E-state index in [0.29, 0.717) is 19.3 Å². The van der Waals surface area contributed by atoms with Gasteiger partial charge in [0.1, 0.15) is 11.6 Å². The molecule has 0 fully saturated rings. The van der Waals surface area contributed by atoms with Crippen LogP contribution in [0.2, 0.25) is 0 Å². The molecule has 1 N–H and O–H groups in total. The first-order chi connectivity index (χ1) is 14.9. The van der Waals surface area contributed by atoms with Crippen LogP contribution in [0.25, 0.3) is 11.1 Å². The third kappa shape index (κ3) is 4.61. The van der Waals surface area contributed by atoms with E-state index >= 15 is 0 Å². The number of fused-ring (bicyclic) bond motifs is 1. The number of aromatic nitrogens is 1. The molecule has 2 aromatic carbocycles. The minimum absolute atomic E-state index is 0.0618. The number of sulfonamides is 1. The van der Waals surface area contributed by atoms with Gasteiger partial charge in [0.25, 0.3) is 5.56 Å². The van der Waals surface area contributed by atoms with Gasteiger partial charge in [0, 0.05) is 11.7 Å². The predicted octanol–water partition coefficient (Wildman–Crippen LogP) is 3.03. The zero-order chi connectivity index (χ0) is 22.0. The van der Waals surface area contributed by atoms with Crippen LogP contribution in [0.3, 0.4) is 0 Å². The standard InChI is InChI=1S/C24H23N3O3S/c1-31(29,30)26-22-13-12-21-11-10-20(16-25)24(28)27(21)23(22)15-17-6-5-9-19(14-17)18-7-3-2-4-8-18/h2-11,14,22-23,26H,12-13,15H2,1H3/t22-,23-/m0/s1. The van der Waals surface area contributed by atoms with Crippen LogP contribution >= 0.6 is 0 Å². The van der Waals surface area contributed by atoms with Crippen LogP contribution in [0, 0.1) is 11.3 Å². The van der Waals surface area contributed by atoms with Gasteiger partial charge in [-0.1, -0.05) is 54.6 Å². The van der Waals surface area contributed by atoms with Crippen molar-refractivity contribution < 1.29 is 8.42 Å². The fourth-order valence-corrected chi connectivity index (χ4v) is 5.14. The molecule has 3 aromatic rings. The summed E-state index contributed by atoms with van der Waals surface area (Å²) in [5.74, 6) is 0. The molecule has 4 rings (SSSR count). The first kappa shape index (κ1) is 21.0. The van der Waals surface area contributed by atoms with E-state index < -0.39 is 22.1 Å². The number of nitriles is 1. The Morgan fingerprint density at radius 2 is 1.81 bits per heavy atom. The maximum Gasteiger partial charge on any atom is 0.268 e. The molecule has 1 aliphatic rings. The van der Waals surface area contributed by atoms with E-state index in [4.69, 9.17) is 0 Å². The molecule has 0 bridgehead atoms. The highest BCUT2D eigenvalue weighted by molar-refractivity contribution is 7.88. The summed E-state index contributed by atoms with van der Waals surface area (Å²) in [6, 6.07) is 22.5. The largest absolute Gasteiger partial charge is 0.307 e. The van der Waals surface area contributed by atoms with Crippen molar-refractivity contribution in [2.24, 2.45) is 0 Å². The van der Waals surface area contributed by atoms with Gasteiger partial charge in [0.15, 0.2) is 0 Å². The van der Waals surface area contributed by atoms with Crippen molar-refractivity contribution >= 4 is 10.0 Å². The molecule has 0 amide bonds. The Morgan fingerprint density at radius 1 is 1.06 bits per heavy atom. The van der Waals surface area contributed by atoms with E-state index in [0.717, 1.165) is 28.6 Å². The Kier molecular flexibility index (Phi) is 5.77. The monoisotopic (exact) mass is 433 g/mol. The zero-order valence-electron chi connectivity index (χ0n) is 17.2. The highest BCUT2D eigenvalue weighted by Crippen LogP contribution is 2.29.